The molecule has 0 spiro atoms. The highest BCUT2D eigenvalue weighted by Gasteiger charge is 2.20. The Hall–Kier alpha value is -0.520. The molecule has 0 aromatic heterocycles. The van der Waals surface area contributed by atoms with Crippen LogP contribution in [0, 0.1) is 11.8 Å². The minimum Gasteiger partial charge on any atom is -0.0958 e. The first-order valence-corrected chi connectivity index (χ1v) is 4.96. The molecule has 1 fully saturated rings. The molecule has 1 saturated carbocycles. The van der Waals surface area contributed by atoms with Crippen LogP contribution in [0.15, 0.2) is 24.3 Å². The predicted molar refractivity (Wildman–Crippen MR) is 55.1 cm³/mol. The Morgan fingerprint density at radius 3 is 2.42 bits per heavy atom. The lowest BCUT2D eigenvalue weighted by molar-refractivity contribution is 0.317. The molecule has 1 rings (SSSR count). The molecule has 1 aliphatic carbocycles. The van der Waals surface area contributed by atoms with Crippen LogP contribution >= 0.6 is 0 Å². The highest BCUT2D eigenvalue weighted by Crippen LogP contribution is 2.34. The number of rotatable bonds is 2. The Kier molecular flexibility index (Phi) is 3.13. The smallest absolute Gasteiger partial charge is 0.0163 e. The van der Waals surface area contributed by atoms with Crippen LogP contribution in [0.2, 0.25) is 0 Å². The topological polar surface area (TPSA) is 0 Å². The second-order valence-electron chi connectivity index (χ2n) is 4.27. The summed E-state index contributed by atoms with van der Waals surface area (Å²) in [4.78, 5) is 0. The van der Waals surface area contributed by atoms with Crippen molar-refractivity contribution < 1.29 is 0 Å². The van der Waals surface area contributed by atoms with Gasteiger partial charge >= 0.3 is 0 Å². The van der Waals surface area contributed by atoms with E-state index in [1.54, 1.807) is 0 Å². The lowest BCUT2D eigenvalue weighted by Crippen LogP contribution is -2.15. The number of hydrogen-bond donors (Lipinski definition) is 0. The van der Waals surface area contributed by atoms with E-state index in [1.807, 2.05) is 0 Å². The van der Waals surface area contributed by atoms with Crippen LogP contribution in [-0.4, -0.2) is 0 Å². The largest absolute Gasteiger partial charge is 0.0958 e. The van der Waals surface area contributed by atoms with E-state index >= 15 is 0 Å². The van der Waals surface area contributed by atoms with Crippen molar-refractivity contribution in [1.82, 2.24) is 0 Å². The van der Waals surface area contributed by atoms with Gasteiger partial charge in [0.05, 0.1) is 0 Å². The summed E-state index contributed by atoms with van der Waals surface area (Å²) < 4.78 is 0. The van der Waals surface area contributed by atoms with E-state index in [0.29, 0.717) is 0 Å². The van der Waals surface area contributed by atoms with Gasteiger partial charge in [-0.15, -0.1) is 0 Å². The number of hydrogen-bond acceptors (Lipinski definition) is 0. The van der Waals surface area contributed by atoms with Crippen molar-refractivity contribution >= 4 is 0 Å². The molecule has 0 saturated heterocycles. The summed E-state index contributed by atoms with van der Waals surface area (Å²) in [7, 11) is 0. The van der Waals surface area contributed by atoms with Crippen molar-refractivity contribution in [2.75, 3.05) is 0 Å². The minimum atomic E-state index is 0.728. The van der Waals surface area contributed by atoms with Gasteiger partial charge in [0.1, 0.15) is 0 Å². The summed E-state index contributed by atoms with van der Waals surface area (Å²) in [5.41, 5.74) is 2.47. The summed E-state index contributed by atoms with van der Waals surface area (Å²) >= 11 is 0. The Morgan fingerprint density at radius 2 is 1.92 bits per heavy atom. The third-order valence-electron chi connectivity index (χ3n) is 2.98. The van der Waals surface area contributed by atoms with Gasteiger partial charge in [-0.1, -0.05) is 38.5 Å². The van der Waals surface area contributed by atoms with E-state index in [-0.39, 0.29) is 0 Å². The first-order chi connectivity index (χ1) is 5.61. The van der Waals surface area contributed by atoms with Gasteiger partial charge in [-0.3, -0.25) is 0 Å². The van der Waals surface area contributed by atoms with Crippen molar-refractivity contribution in [3.8, 4) is 0 Å². The van der Waals surface area contributed by atoms with Crippen molar-refractivity contribution in [3.63, 3.8) is 0 Å². The molecule has 12 heavy (non-hydrogen) atoms. The predicted octanol–water partition coefficient (Wildman–Crippen LogP) is 3.95. The van der Waals surface area contributed by atoms with Crippen molar-refractivity contribution in [2.24, 2.45) is 11.8 Å². The zero-order chi connectivity index (χ0) is 9.14. The molecule has 0 bridgehead atoms. The molecule has 0 radical (unpaired) electrons. The second kappa shape index (κ2) is 3.93. The Labute approximate surface area is 76.4 Å². The molecule has 2 atom stereocenters. The van der Waals surface area contributed by atoms with Crippen LogP contribution in [0.3, 0.4) is 0 Å². The zero-order valence-corrected chi connectivity index (χ0v) is 8.40. The zero-order valence-electron chi connectivity index (χ0n) is 8.40. The summed E-state index contributed by atoms with van der Waals surface area (Å²) in [6.07, 6.45) is 5.43. The van der Waals surface area contributed by atoms with Crippen LogP contribution in [0.1, 0.15) is 39.5 Å². The van der Waals surface area contributed by atoms with Crippen LogP contribution in [0.25, 0.3) is 0 Å². The van der Waals surface area contributed by atoms with Crippen molar-refractivity contribution in [2.45, 2.75) is 39.5 Å². The van der Waals surface area contributed by atoms with E-state index in [0.717, 1.165) is 11.8 Å². The highest BCUT2D eigenvalue weighted by atomic mass is 14.3. The SMILES string of the molecule is C=C(C)C(=C)C1CCCC(C)C1. The Balaban J connectivity index is 2.51. The van der Waals surface area contributed by atoms with Crippen LogP contribution < -0.4 is 0 Å². The molecule has 0 aromatic carbocycles. The lowest BCUT2D eigenvalue weighted by Gasteiger charge is -2.28. The maximum absolute atomic E-state index is 4.11. The average molecular weight is 164 g/mol. The fourth-order valence-corrected chi connectivity index (χ4v) is 2.10. The van der Waals surface area contributed by atoms with Gasteiger partial charge in [0.15, 0.2) is 0 Å². The normalized spacial score (nSPS) is 29.8. The van der Waals surface area contributed by atoms with E-state index in [1.165, 1.54) is 36.8 Å². The summed E-state index contributed by atoms with van der Waals surface area (Å²) in [5, 5.41) is 0. The third-order valence-corrected chi connectivity index (χ3v) is 2.98. The van der Waals surface area contributed by atoms with E-state index in [4.69, 9.17) is 0 Å². The first-order valence-electron chi connectivity index (χ1n) is 4.96. The molecule has 68 valence electrons. The highest BCUT2D eigenvalue weighted by molar-refractivity contribution is 5.25. The maximum Gasteiger partial charge on any atom is -0.0163 e. The standard InChI is InChI=1S/C12H20/c1-9(2)11(4)12-7-5-6-10(3)8-12/h10,12H,1,4-8H2,2-3H3. The van der Waals surface area contributed by atoms with Gasteiger partial charge in [0, 0.05) is 0 Å². The lowest BCUT2D eigenvalue weighted by atomic mass is 9.77. The van der Waals surface area contributed by atoms with Gasteiger partial charge in [-0.2, -0.15) is 0 Å². The minimum absolute atomic E-state index is 0.728. The molecule has 0 aliphatic heterocycles. The second-order valence-corrected chi connectivity index (χ2v) is 4.27. The van der Waals surface area contributed by atoms with Gasteiger partial charge in [-0.25, -0.2) is 0 Å². The quantitative estimate of drug-likeness (QED) is 0.542. The van der Waals surface area contributed by atoms with E-state index in [2.05, 4.69) is 27.0 Å². The molecule has 0 N–H and O–H groups in total. The maximum atomic E-state index is 4.11. The molecule has 0 heteroatoms. The molecule has 0 nitrogen and oxygen atoms in total. The molecular weight excluding hydrogens is 144 g/mol. The third kappa shape index (κ3) is 2.23. The van der Waals surface area contributed by atoms with Crippen LogP contribution in [0.4, 0.5) is 0 Å². The van der Waals surface area contributed by atoms with Crippen LogP contribution in [-0.2, 0) is 0 Å². The molecule has 2 unspecified atom stereocenters. The van der Waals surface area contributed by atoms with Crippen molar-refractivity contribution in [3.05, 3.63) is 24.3 Å². The Morgan fingerprint density at radius 1 is 1.25 bits per heavy atom. The van der Waals surface area contributed by atoms with E-state index in [9.17, 15) is 0 Å². The van der Waals surface area contributed by atoms with Crippen LogP contribution in [0.5, 0.6) is 0 Å². The average Bonchev–Trinajstić information content (AvgIpc) is 2.03. The van der Waals surface area contributed by atoms with Crippen molar-refractivity contribution in [1.29, 1.82) is 0 Å². The molecule has 0 aromatic rings. The molecule has 0 amide bonds. The summed E-state index contributed by atoms with van der Waals surface area (Å²) in [6.45, 7) is 12.5. The number of allylic oxidation sites excluding steroid dienone is 2. The van der Waals surface area contributed by atoms with Gasteiger partial charge < -0.3 is 0 Å². The summed E-state index contributed by atoms with van der Waals surface area (Å²) in [6, 6.07) is 0. The van der Waals surface area contributed by atoms with E-state index < -0.39 is 0 Å². The first kappa shape index (κ1) is 9.57. The fourth-order valence-electron chi connectivity index (χ4n) is 2.10. The van der Waals surface area contributed by atoms with Gasteiger partial charge in [-0.05, 0) is 37.2 Å². The molecule has 1 aliphatic rings. The monoisotopic (exact) mass is 164 g/mol. The summed E-state index contributed by atoms with van der Waals surface area (Å²) in [5.74, 6) is 1.62. The molecule has 0 heterocycles. The Bertz CT molecular complexity index is 188. The molecular formula is C12H20. The fraction of sp³-hybridized carbons (Fsp3) is 0.667. The van der Waals surface area contributed by atoms with Gasteiger partial charge in [0.2, 0.25) is 0 Å². The van der Waals surface area contributed by atoms with Gasteiger partial charge in [0.25, 0.3) is 0 Å².